The molecule has 5 unspecified atom stereocenters. The van der Waals surface area contributed by atoms with Crippen LogP contribution in [0.3, 0.4) is 0 Å². The Morgan fingerprint density at radius 2 is 1.46 bits per heavy atom. The molecule has 0 fully saturated rings. The van der Waals surface area contributed by atoms with E-state index in [1.165, 1.54) is 13.8 Å². The molecule has 14 nitrogen and oxygen atoms in total. The van der Waals surface area contributed by atoms with Gasteiger partial charge in [0.15, 0.2) is 0 Å². The van der Waals surface area contributed by atoms with Gasteiger partial charge in [0.1, 0.15) is 12.1 Å². The summed E-state index contributed by atoms with van der Waals surface area (Å²) in [6.45, 7) is 4.77. The Hall–Kier alpha value is -3.26. The van der Waals surface area contributed by atoms with Crippen molar-refractivity contribution in [1.82, 2.24) is 21.3 Å². The van der Waals surface area contributed by atoms with E-state index in [4.69, 9.17) is 22.3 Å². The highest BCUT2D eigenvalue weighted by molar-refractivity contribution is 5.90. The second-order valence-corrected chi connectivity index (χ2v) is 8.49. The summed E-state index contributed by atoms with van der Waals surface area (Å²) in [5.41, 5.74) is 16.0. The third-order valence-electron chi connectivity index (χ3n) is 4.96. The number of carboxylic acids is 1. The monoisotopic (exact) mass is 501 g/mol. The number of hydrogen-bond acceptors (Lipinski definition) is 8. The largest absolute Gasteiger partial charge is 0.480 e. The van der Waals surface area contributed by atoms with Gasteiger partial charge in [0.2, 0.25) is 29.5 Å². The fourth-order valence-electron chi connectivity index (χ4n) is 2.83. The number of carbonyl (C=O) groups excluding carboxylic acids is 5. The van der Waals surface area contributed by atoms with Crippen molar-refractivity contribution in [2.24, 2.45) is 17.2 Å². The number of nitrogens with one attached hydrogen (secondary N) is 4. The van der Waals surface area contributed by atoms with Crippen LogP contribution in [0.25, 0.3) is 0 Å². The van der Waals surface area contributed by atoms with E-state index in [0.29, 0.717) is 19.3 Å². The lowest BCUT2D eigenvalue weighted by Crippen LogP contribution is -2.51. The second kappa shape index (κ2) is 16.4. The molecule has 0 saturated carbocycles. The zero-order chi connectivity index (χ0) is 27.1. The van der Waals surface area contributed by atoms with E-state index in [-0.39, 0.29) is 37.8 Å². The number of primary amides is 1. The van der Waals surface area contributed by atoms with Crippen molar-refractivity contribution in [2.45, 2.75) is 89.5 Å². The number of aliphatic carboxylic acids is 1. The van der Waals surface area contributed by atoms with E-state index in [9.17, 15) is 28.8 Å². The molecule has 11 N–H and O–H groups in total. The maximum absolute atomic E-state index is 12.5. The Bertz CT molecular complexity index is 760. The van der Waals surface area contributed by atoms with Crippen LogP contribution in [0.5, 0.6) is 0 Å². The third-order valence-corrected chi connectivity index (χ3v) is 4.96. The first-order valence-corrected chi connectivity index (χ1v) is 11.4. The van der Waals surface area contributed by atoms with Crippen molar-refractivity contribution in [3.8, 4) is 0 Å². The highest BCUT2D eigenvalue weighted by Crippen LogP contribution is 2.05. The lowest BCUT2D eigenvalue weighted by Gasteiger charge is -2.21. The Kier molecular flexibility index (Phi) is 14.9. The number of rotatable bonds is 17. The van der Waals surface area contributed by atoms with Gasteiger partial charge in [0.25, 0.3) is 0 Å². The van der Waals surface area contributed by atoms with Crippen molar-refractivity contribution >= 4 is 35.5 Å². The van der Waals surface area contributed by atoms with Crippen LogP contribution in [0.4, 0.5) is 0 Å². The fourth-order valence-corrected chi connectivity index (χ4v) is 2.83. The standard InChI is InChI=1S/C21H39N7O7/c1-11(26-18(31)12(2)22)7-8-17(30)28-15(20(33)27-13(3)21(34)35)6-4-5-9-25-19(32)14(23)10-16(24)29/h11-15H,4-10,22-23H2,1-3H3,(H2,24,29)(H,25,32)(H,26,31)(H,27,33)(H,28,30)(H,34,35). The zero-order valence-corrected chi connectivity index (χ0v) is 20.5. The van der Waals surface area contributed by atoms with Gasteiger partial charge in [0.05, 0.1) is 18.5 Å². The number of carbonyl (C=O) groups is 6. The van der Waals surface area contributed by atoms with Gasteiger partial charge in [-0.1, -0.05) is 0 Å². The molecule has 0 aromatic carbocycles. The molecule has 0 aliphatic carbocycles. The Morgan fingerprint density at radius 3 is 2.00 bits per heavy atom. The predicted octanol–water partition coefficient (Wildman–Crippen LogP) is -2.82. The van der Waals surface area contributed by atoms with E-state index >= 15 is 0 Å². The molecule has 35 heavy (non-hydrogen) atoms. The molecule has 0 rings (SSSR count). The number of hydrogen-bond donors (Lipinski definition) is 8. The van der Waals surface area contributed by atoms with Crippen LogP contribution in [0.1, 0.15) is 59.3 Å². The van der Waals surface area contributed by atoms with E-state index in [1.807, 2.05) is 0 Å². The van der Waals surface area contributed by atoms with E-state index in [1.54, 1.807) is 6.92 Å². The topological polar surface area (TPSA) is 249 Å². The van der Waals surface area contributed by atoms with Crippen molar-refractivity contribution in [3.63, 3.8) is 0 Å². The molecule has 200 valence electrons. The van der Waals surface area contributed by atoms with Crippen LogP contribution in [0, 0.1) is 0 Å². The molecular formula is C21H39N7O7. The predicted molar refractivity (Wildman–Crippen MR) is 126 cm³/mol. The number of carboxylic acid groups (broad SMARTS) is 1. The molecule has 0 aromatic heterocycles. The zero-order valence-electron chi connectivity index (χ0n) is 20.5. The lowest BCUT2D eigenvalue weighted by atomic mass is 10.1. The minimum Gasteiger partial charge on any atom is -0.480 e. The van der Waals surface area contributed by atoms with Crippen molar-refractivity contribution in [2.75, 3.05) is 6.54 Å². The summed E-state index contributed by atoms with van der Waals surface area (Å²) in [4.78, 5) is 70.2. The maximum Gasteiger partial charge on any atom is 0.325 e. The fraction of sp³-hybridized carbons (Fsp3) is 0.714. The molecule has 0 heterocycles. The highest BCUT2D eigenvalue weighted by Gasteiger charge is 2.24. The first kappa shape index (κ1) is 31.7. The molecule has 5 amide bonds. The number of amides is 5. The molecular weight excluding hydrogens is 462 g/mol. The van der Waals surface area contributed by atoms with Crippen LogP contribution in [-0.2, 0) is 28.8 Å². The molecule has 14 heteroatoms. The lowest BCUT2D eigenvalue weighted by molar-refractivity contribution is -0.141. The number of unbranched alkanes of at least 4 members (excludes halogenated alkanes) is 1. The van der Waals surface area contributed by atoms with Crippen LogP contribution >= 0.6 is 0 Å². The van der Waals surface area contributed by atoms with Crippen molar-refractivity contribution in [3.05, 3.63) is 0 Å². The minimum absolute atomic E-state index is 0.0203. The molecule has 0 aliphatic heterocycles. The Labute approximate surface area is 204 Å². The van der Waals surface area contributed by atoms with Crippen molar-refractivity contribution in [1.29, 1.82) is 0 Å². The normalized spacial score (nSPS) is 15.0. The van der Waals surface area contributed by atoms with Crippen LogP contribution in [0.15, 0.2) is 0 Å². The molecule has 0 spiro atoms. The van der Waals surface area contributed by atoms with Gasteiger partial charge in [-0.3, -0.25) is 28.8 Å². The summed E-state index contributed by atoms with van der Waals surface area (Å²) >= 11 is 0. The Morgan fingerprint density at radius 1 is 0.829 bits per heavy atom. The van der Waals surface area contributed by atoms with Gasteiger partial charge in [-0.2, -0.15) is 0 Å². The SMILES string of the molecule is CC(CCC(=O)NC(CCCCNC(=O)C(N)CC(N)=O)C(=O)NC(C)C(=O)O)NC(=O)C(C)N. The molecule has 0 aliphatic rings. The van der Waals surface area contributed by atoms with E-state index < -0.39 is 53.8 Å². The molecule has 0 aromatic rings. The minimum atomic E-state index is -1.22. The molecule has 0 bridgehead atoms. The van der Waals surface area contributed by atoms with E-state index in [2.05, 4.69) is 21.3 Å². The summed E-state index contributed by atoms with van der Waals surface area (Å²) in [6.07, 6.45) is 1.07. The van der Waals surface area contributed by atoms with Gasteiger partial charge in [-0.15, -0.1) is 0 Å². The average molecular weight is 502 g/mol. The Balaban J connectivity index is 4.76. The summed E-state index contributed by atoms with van der Waals surface area (Å²) in [5.74, 6) is -3.90. The van der Waals surface area contributed by atoms with Crippen LogP contribution < -0.4 is 38.5 Å². The van der Waals surface area contributed by atoms with E-state index in [0.717, 1.165) is 0 Å². The number of nitrogens with two attached hydrogens (primary N) is 3. The van der Waals surface area contributed by atoms with Crippen LogP contribution in [0.2, 0.25) is 0 Å². The third kappa shape index (κ3) is 14.6. The molecule has 0 radical (unpaired) electrons. The first-order chi connectivity index (χ1) is 16.2. The summed E-state index contributed by atoms with van der Waals surface area (Å²) < 4.78 is 0. The van der Waals surface area contributed by atoms with Gasteiger partial charge >= 0.3 is 5.97 Å². The summed E-state index contributed by atoms with van der Waals surface area (Å²) in [5, 5.41) is 19.2. The molecule has 5 atom stereocenters. The highest BCUT2D eigenvalue weighted by atomic mass is 16.4. The maximum atomic E-state index is 12.5. The second-order valence-electron chi connectivity index (χ2n) is 8.49. The van der Waals surface area contributed by atoms with Crippen molar-refractivity contribution < 1.29 is 33.9 Å². The summed E-state index contributed by atoms with van der Waals surface area (Å²) in [6, 6.07) is -4.20. The van der Waals surface area contributed by atoms with Gasteiger partial charge in [-0.25, -0.2) is 0 Å². The average Bonchev–Trinajstić information content (AvgIpc) is 2.75. The van der Waals surface area contributed by atoms with Gasteiger partial charge in [-0.05, 0) is 46.5 Å². The summed E-state index contributed by atoms with van der Waals surface area (Å²) in [7, 11) is 0. The smallest absolute Gasteiger partial charge is 0.325 e. The van der Waals surface area contributed by atoms with Crippen LogP contribution in [-0.4, -0.2) is 77.4 Å². The van der Waals surface area contributed by atoms with Gasteiger partial charge in [0, 0.05) is 19.0 Å². The molecule has 0 saturated heterocycles. The quantitative estimate of drug-likeness (QED) is 0.0956. The van der Waals surface area contributed by atoms with Gasteiger partial charge < -0.3 is 43.6 Å². The first-order valence-electron chi connectivity index (χ1n) is 11.4.